The summed E-state index contributed by atoms with van der Waals surface area (Å²) in [7, 11) is 1.69. The minimum atomic E-state index is -0.259. The molecule has 0 N–H and O–H groups in total. The number of rotatable bonds is 4. The van der Waals surface area contributed by atoms with Crippen molar-refractivity contribution in [1.82, 2.24) is 4.90 Å². The predicted molar refractivity (Wildman–Crippen MR) is 127 cm³/mol. The van der Waals surface area contributed by atoms with E-state index in [1.165, 1.54) is 5.69 Å². The Bertz CT molecular complexity index is 1030. The summed E-state index contributed by atoms with van der Waals surface area (Å²) < 4.78 is 11.4. The molecule has 1 aromatic rings. The van der Waals surface area contributed by atoms with Gasteiger partial charge in [0, 0.05) is 60.9 Å². The van der Waals surface area contributed by atoms with E-state index in [0.717, 1.165) is 55.9 Å². The molecule has 6 nitrogen and oxygen atoms in total. The summed E-state index contributed by atoms with van der Waals surface area (Å²) in [6, 6.07) is 8.54. The van der Waals surface area contributed by atoms with Crippen molar-refractivity contribution in [3.63, 3.8) is 0 Å². The zero-order valence-corrected chi connectivity index (χ0v) is 20.0. The van der Waals surface area contributed by atoms with Crippen LogP contribution in [0.3, 0.4) is 0 Å². The summed E-state index contributed by atoms with van der Waals surface area (Å²) in [4.78, 5) is 30.2. The Morgan fingerprint density at radius 1 is 1.24 bits per heavy atom. The molecule has 4 aliphatic rings. The van der Waals surface area contributed by atoms with E-state index in [0.29, 0.717) is 6.04 Å². The van der Waals surface area contributed by atoms with Crippen LogP contribution in [-0.4, -0.2) is 62.1 Å². The molecule has 0 unspecified atom stereocenters. The van der Waals surface area contributed by atoms with Crippen molar-refractivity contribution in [2.45, 2.75) is 45.8 Å². The molecule has 5 rings (SSSR count). The van der Waals surface area contributed by atoms with Crippen molar-refractivity contribution in [2.75, 3.05) is 38.2 Å². The number of carbonyl (C=O) groups excluding carboxylic acids is 2. The summed E-state index contributed by atoms with van der Waals surface area (Å²) in [6.07, 6.45) is 5.36. The maximum atomic E-state index is 13.0. The van der Waals surface area contributed by atoms with Gasteiger partial charge < -0.3 is 14.4 Å². The molecular formula is C27H34N2O4. The minimum Gasteiger partial charge on any atom is -0.497 e. The first kappa shape index (κ1) is 22.2. The van der Waals surface area contributed by atoms with Gasteiger partial charge in [-0.05, 0) is 50.5 Å². The molecule has 2 heterocycles. The number of benzene rings is 1. The molecule has 6 heteroatoms. The maximum Gasteiger partial charge on any atom is 0.311 e. The first-order valence-corrected chi connectivity index (χ1v) is 12.1. The molecular weight excluding hydrogens is 416 g/mol. The van der Waals surface area contributed by atoms with Crippen LogP contribution in [0.2, 0.25) is 0 Å². The van der Waals surface area contributed by atoms with Gasteiger partial charge in [0.05, 0.1) is 13.0 Å². The van der Waals surface area contributed by atoms with Crippen LogP contribution in [0.4, 0.5) is 5.69 Å². The lowest BCUT2D eigenvalue weighted by Crippen LogP contribution is -2.53. The predicted octanol–water partition coefficient (Wildman–Crippen LogP) is 3.62. The Hall–Kier alpha value is -2.60. The van der Waals surface area contributed by atoms with Crippen molar-refractivity contribution in [1.29, 1.82) is 0 Å². The van der Waals surface area contributed by atoms with Crippen LogP contribution in [0, 0.1) is 17.3 Å². The Morgan fingerprint density at radius 3 is 2.82 bits per heavy atom. The molecule has 3 fully saturated rings. The molecule has 5 atom stereocenters. The van der Waals surface area contributed by atoms with Gasteiger partial charge in [0.15, 0.2) is 5.78 Å². The third kappa shape index (κ3) is 3.78. The Labute approximate surface area is 196 Å². The second kappa shape index (κ2) is 8.32. The van der Waals surface area contributed by atoms with Crippen LogP contribution < -0.4 is 9.64 Å². The highest BCUT2D eigenvalue weighted by Gasteiger charge is 2.54. The van der Waals surface area contributed by atoms with Gasteiger partial charge >= 0.3 is 5.97 Å². The molecule has 0 spiro atoms. The van der Waals surface area contributed by atoms with Crippen LogP contribution >= 0.6 is 0 Å². The number of nitrogens with zero attached hydrogens (tertiary/aromatic N) is 2. The SMILES string of the molecule is COc1cccc(N2CCN(C[C@H]3C(=O)O[C@@H]4C5=C(C)C(=O)C=C[C@@]5(C)CC[C@@H]43)C[C@@H]2C)c1. The van der Waals surface area contributed by atoms with E-state index in [4.69, 9.17) is 9.47 Å². The normalized spacial score (nSPS) is 34.2. The lowest BCUT2D eigenvalue weighted by Gasteiger charge is -2.44. The van der Waals surface area contributed by atoms with Crippen LogP contribution in [0.25, 0.3) is 0 Å². The molecule has 2 saturated heterocycles. The smallest absolute Gasteiger partial charge is 0.311 e. The second-order valence-electron chi connectivity index (χ2n) is 10.3. The highest BCUT2D eigenvalue weighted by molar-refractivity contribution is 6.05. The van der Waals surface area contributed by atoms with Gasteiger partial charge in [-0.15, -0.1) is 0 Å². The van der Waals surface area contributed by atoms with E-state index >= 15 is 0 Å². The Kier molecular flexibility index (Phi) is 5.60. The fourth-order valence-corrected chi connectivity index (χ4v) is 6.43. The number of esters is 1. The highest BCUT2D eigenvalue weighted by Crippen LogP contribution is 2.53. The van der Waals surface area contributed by atoms with E-state index in [1.807, 2.05) is 25.1 Å². The number of ether oxygens (including phenoxy) is 2. The van der Waals surface area contributed by atoms with E-state index in [9.17, 15) is 9.59 Å². The number of carbonyl (C=O) groups is 2. The quantitative estimate of drug-likeness (QED) is 0.653. The number of allylic oxidation sites excluding steroid dienone is 3. The van der Waals surface area contributed by atoms with Gasteiger partial charge in [-0.3, -0.25) is 14.5 Å². The topological polar surface area (TPSA) is 59.1 Å². The molecule has 1 saturated carbocycles. The van der Waals surface area contributed by atoms with Gasteiger partial charge in [-0.2, -0.15) is 0 Å². The molecule has 33 heavy (non-hydrogen) atoms. The maximum absolute atomic E-state index is 13.0. The molecule has 2 aliphatic heterocycles. The molecule has 0 radical (unpaired) electrons. The van der Waals surface area contributed by atoms with Crippen molar-refractivity contribution < 1.29 is 19.1 Å². The summed E-state index contributed by atoms with van der Waals surface area (Å²) in [6.45, 7) is 9.74. The summed E-state index contributed by atoms with van der Waals surface area (Å²) in [5.41, 5.74) is 2.80. The molecule has 1 aromatic carbocycles. The molecule has 0 bridgehead atoms. The van der Waals surface area contributed by atoms with E-state index in [1.54, 1.807) is 13.2 Å². The van der Waals surface area contributed by atoms with E-state index < -0.39 is 0 Å². The number of fused-ring (bicyclic) bond motifs is 3. The number of methoxy groups -OCH3 is 1. The minimum absolute atomic E-state index is 0.0464. The fourth-order valence-electron chi connectivity index (χ4n) is 6.43. The first-order chi connectivity index (χ1) is 15.8. The van der Waals surface area contributed by atoms with Gasteiger partial charge in [0.1, 0.15) is 11.9 Å². The monoisotopic (exact) mass is 450 g/mol. The number of piperazine rings is 1. The second-order valence-corrected chi connectivity index (χ2v) is 10.3. The van der Waals surface area contributed by atoms with E-state index in [-0.39, 0.29) is 35.1 Å². The van der Waals surface area contributed by atoms with Crippen LogP contribution in [0.5, 0.6) is 5.75 Å². The molecule has 2 aliphatic carbocycles. The summed E-state index contributed by atoms with van der Waals surface area (Å²) in [5, 5.41) is 0. The number of ketones is 1. The van der Waals surface area contributed by atoms with Crippen LogP contribution in [-0.2, 0) is 14.3 Å². The van der Waals surface area contributed by atoms with Crippen molar-refractivity contribution >= 4 is 17.4 Å². The lowest BCUT2D eigenvalue weighted by atomic mass is 9.61. The third-order valence-electron chi connectivity index (χ3n) is 8.28. The zero-order chi connectivity index (χ0) is 23.3. The van der Waals surface area contributed by atoms with Gasteiger partial charge in [-0.25, -0.2) is 0 Å². The average Bonchev–Trinajstić information content (AvgIpc) is 3.11. The first-order valence-electron chi connectivity index (χ1n) is 12.1. The fraction of sp³-hybridized carbons (Fsp3) is 0.556. The van der Waals surface area contributed by atoms with Crippen molar-refractivity contribution in [3.05, 3.63) is 47.6 Å². The molecule has 0 aromatic heterocycles. The Morgan fingerprint density at radius 2 is 2.06 bits per heavy atom. The van der Waals surface area contributed by atoms with Crippen molar-refractivity contribution in [3.8, 4) is 5.75 Å². The number of anilines is 1. The highest BCUT2D eigenvalue weighted by atomic mass is 16.6. The van der Waals surface area contributed by atoms with Gasteiger partial charge in [-0.1, -0.05) is 19.1 Å². The third-order valence-corrected chi connectivity index (χ3v) is 8.28. The summed E-state index contributed by atoms with van der Waals surface area (Å²) in [5.74, 6) is 0.842. The molecule has 176 valence electrons. The zero-order valence-electron chi connectivity index (χ0n) is 20.0. The van der Waals surface area contributed by atoms with Crippen LogP contribution in [0.1, 0.15) is 33.6 Å². The summed E-state index contributed by atoms with van der Waals surface area (Å²) >= 11 is 0. The molecule has 0 amide bonds. The van der Waals surface area contributed by atoms with Gasteiger partial charge in [0.25, 0.3) is 0 Å². The Balaban J connectivity index is 1.29. The van der Waals surface area contributed by atoms with E-state index in [2.05, 4.69) is 35.8 Å². The number of hydrogen-bond donors (Lipinski definition) is 0. The average molecular weight is 451 g/mol. The lowest BCUT2D eigenvalue weighted by molar-refractivity contribution is -0.144. The van der Waals surface area contributed by atoms with Gasteiger partial charge in [0.2, 0.25) is 0 Å². The standard InChI is InChI=1S/C27H34N2O4/c1-17-15-28(12-13-29(17)19-6-5-7-20(14-19)32-4)16-22-21-8-10-27(3)11-9-23(30)18(2)24(27)25(21)33-26(22)31/h5-7,9,11,14,17,21-22,25H,8,10,12-13,15-16H2,1-4H3/t17-,21+,22+,25-,27+/m0/s1. The largest absolute Gasteiger partial charge is 0.497 e. The van der Waals surface area contributed by atoms with Crippen molar-refractivity contribution in [2.24, 2.45) is 17.3 Å². The van der Waals surface area contributed by atoms with Crippen LogP contribution in [0.15, 0.2) is 47.6 Å². The number of hydrogen-bond acceptors (Lipinski definition) is 6.